The molecule has 9 rings (SSSR count). The van der Waals surface area contributed by atoms with E-state index in [4.69, 9.17) is 9.47 Å². The van der Waals surface area contributed by atoms with Crippen LogP contribution in [0, 0.1) is 24.7 Å². The molecule has 0 amide bonds. The van der Waals surface area contributed by atoms with E-state index >= 15 is 8.78 Å². The Labute approximate surface area is 339 Å². The summed E-state index contributed by atoms with van der Waals surface area (Å²) in [7, 11) is 0. The largest absolute Gasteiger partial charge is 0.463 e. The van der Waals surface area contributed by atoms with Crippen LogP contribution in [0.1, 0.15) is 77.2 Å². The van der Waals surface area contributed by atoms with Crippen molar-refractivity contribution in [2.24, 2.45) is 5.92 Å². The summed E-state index contributed by atoms with van der Waals surface area (Å²) < 4.78 is 44.9. The van der Waals surface area contributed by atoms with Crippen LogP contribution < -0.4 is 5.32 Å². The molecular weight excluding hydrogens is 749 g/mol. The SMILES string of the molecule is CCOC(=O)C1=C(c2ccc(-n3c(C)nc4cnccc43)cc2)NC(C)=C(C(=O)OCC#Cc2cccnc2)C1CC1c2ccccc2C2C(c3ccccc31)C2(F)F. The van der Waals surface area contributed by atoms with Gasteiger partial charge >= 0.3 is 11.9 Å². The lowest BCUT2D eigenvalue weighted by molar-refractivity contribution is -0.139. The molecule has 9 nitrogen and oxygen atoms in total. The van der Waals surface area contributed by atoms with Gasteiger partial charge in [-0.3, -0.25) is 14.5 Å². The van der Waals surface area contributed by atoms with Gasteiger partial charge in [0.05, 0.1) is 47.0 Å². The molecular formula is C48H39F2N5O4. The number of fused-ring (bicyclic) bond motifs is 6. The van der Waals surface area contributed by atoms with Gasteiger partial charge in [0.2, 0.25) is 0 Å². The van der Waals surface area contributed by atoms with Crippen molar-refractivity contribution in [1.29, 1.82) is 0 Å². The van der Waals surface area contributed by atoms with Crippen LogP contribution in [0.5, 0.6) is 0 Å². The molecule has 1 fully saturated rings. The zero-order valence-electron chi connectivity index (χ0n) is 32.6. The summed E-state index contributed by atoms with van der Waals surface area (Å²) >= 11 is 0. The van der Waals surface area contributed by atoms with Crippen molar-refractivity contribution >= 4 is 28.7 Å². The third-order valence-electron chi connectivity index (χ3n) is 11.5. The topological polar surface area (TPSA) is 108 Å². The number of aryl methyl sites for hydroxylation is 1. The van der Waals surface area contributed by atoms with Crippen LogP contribution in [-0.2, 0) is 19.1 Å². The van der Waals surface area contributed by atoms with E-state index in [2.05, 4.69) is 32.1 Å². The zero-order chi connectivity index (χ0) is 40.8. The van der Waals surface area contributed by atoms with E-state index in [-0.39, 0.29) is 30.8 Å². The molecule has 1 saturated carbocycles. The van der Waals surface area contributed by atoms with Crippen LogP contribution >= 0.6 is 0 Å². The minimum Gasteiger partial charge on any atom is -0.463 e. The summed E-state index contributed by atoms with van der Waals surface area (Å²) in [6.45, 7) is 5.31. The standard InChI is InChI=1S/C48H39F2N5O4/c1-4-58-47(57)42-38(25-37-33-13-5-7-15-35(33)43-44(48(43,49)50)36-16-8-6-14-34(36)37)41(46(56)59-24-10-12-30-11-9-22-51-26-30)28(2)53-45(42)31-17-19-32(20-18-31)55-29(3)54-39-27-52-23-21-40(39)55/h5-9,11,13-23,26-27,37-38,43-44,53H,4,24-25H2,1-3H3. The highest BCUT2D eigenvalue weighted by Gasteiger charge is 2.71. The monoisotopic (exact) mass is 787 g/mol. The second kappa shape index (κ2) is 15.1. The molecule has 1 aliphatic heterocycles. The number of aromatic nitrogens is 4. The first-order valence-corrected chi connectivity index (χ1v) is 19.6. The Morgan fingerprint density at radius 1 is 0.780 bits per heavy atom. The maximum Gasteiger partial charge on any atom is 0.337 e. The summed E-state index contributed by atoms with van der Waals surface area (Å²) in [5.41, 5.74) is 7.94. The highest BCUT2D eigenvalue weighted by molar-refractivity contribution is 6.04. The third-order valence-corrected chi connectivity index (χ3v) is 11.5. The number of pyridine rings is 2. The highest BCUT2D eigenvalue weighted by atomic mass is 19.3. The van der Waals surface area contributed by atoms with Gasteiger partial charge in [0.15, 0.2) is 6.61 Å². The smallest absolute Gasteiger partial charge is 0.337 e. The summed E-state index contributed by atoms with van der Waals surface area (Å²) in [5.74, 6) is -0.805. The van der Waals surface area contributed by atoms with Crippen LogP contribution in [0.15, 0.2) is 133 Å². The summed E-state index contributed by atoms with van der Waals surface area (Å²) in [6, 6.07) is 27.8. The Balaban J connectivity index is 1.17. The molecule has 0 bridgehead atoms. The number of ether oxygens (including phenoxy) is 2. The predicted octanol–water partition coefficient (Wildman–Crippen LogP) is 8.54. The van der Waals surface area contributed by atoms with E-state index in [1.807, 2.05) is 66.1 Å². The number of hydrogen-bond acceptors (Lipinski definition) is 8. The molecule has 3 aromatic heterocycles. The number of benzene rings is 3. The first-order valence-electron chi connectivity index (χ1n) is 19.6. The number of dihydropyridines is 1. The Morgan fingerprint density at radius 3 is 2.10 bits per heavy atom. The second-order valence-corrected chi connectivity index (χ2v) is 14.9. The van der Waals surface area contributed by atoms with Crippen molar-refractivity contribution in [3.05, 3.63) is 172 Å². The van der Waals surface area contributed by atoms with Crippen molar-refractivity contribution in [1.82, 2.24) is 24.8 Å². The first-order chi connectivity index (χ1) is 28.7. The molecule has 2 aliphatic carbocycles. The average molecular weight is 788 g/mol. The summed E-state index contributed by atoms with van der Waals surface area (Å²) in [4.78, 5) is 41.8. The molecule has 0 saturated heterocycles. The highest BCUT2D eigenvalue weighted by Crippen LogP contribution is 2.70. The number of esters is 2. The number of nitrogens with zero attached hydrogens (tertiary/aromatic N) is 4. The maximum atomic E-state index is 15.6. The van der Waals surface area contributed by atoms with E-state index in [0.29, 0.717) is 33.6 Å². The van der Waals surface area contributed by atoms with E-state index in [9.17, 15) is 9.59 Å². The van der Waals surface area contributed by atoms with Gasteiger partial charge in [0.1, 0.15) is 11.3 Å². The molecule has 3 unspecified atom stereocenters. The lowest BCUT2D eigenvalue weighted by Gasteiger charge is -2.34. The first kappa shape index (κ1) is 37.6. The molecule has 1 N–H and O–H groups in total. The molecule has 294 valence electrons. The molecule has 6 aromatic rings. The van der Waals surface area contributed by atoms with E-state index in [1.54, 1.807) is 75.0 Å². The molecule has 0 spiro atoms. The van der Waals surface area contributed by atoms with Crippen molar-refractivity contribution in [3.63, 3.8) is 0 Å². The quantitative estimate of drug-likeness (QED) is 0.121. The van der Waals surface area contributed by atoms with Gasteiger partial charge in [-0.15, -0.1) is 0 Å². The van der Waals surface area contributed by atoms with Gasteiger partial charge in [0.25, 0.3) is 5.92 Å². The second-order valence-electron chi connectivity index (χ2n) is 14.9. The molecule has 3 aromatic carbocycles. The van der Waals surface area contributed by atoms with Gasteiger partial charge in [-0.05, 0) is 85.3 Å². The number of carbonyl (C=O) groups excluding carboxylic acids is 2. The lowest BCUT2D eigenvalue weighted by atomic mass is 9.73. The van der Waals surface area contributed by atoms with Crippen molar-refractivity contribution in [3.8, 4) is 17.5 Å². The van der Waals surface area contributed by atoms with E-state index in [0.717, 1.165) is 33.7 Å². The minimum absolute atomic E-state index is 0.0864. The van der Waals surface area contributed by atoms with Crippen LogP contribution in [0.2, 0.25) is 0 Å². The van der Waals surface area contributed by atoms with Crippen molar-refractivity contribution in [2.45, 2.75) is 50.9 Å². The van der Waals surface area contributed by atoms with Gasteiger partial charge in [-0.2, -0.15) is 0 Å². The number of halogens is 2. The van der Waals surface area contributed by atoms with Crippen LogP contribution in [-0.4, -0.2) is 50.6 Å². The zero-order valence-corrected chi connectivity index (χ0v) is 32.6. The maximum absolute atomic E-state index is 15.6. The van der Waals surface area contributed by atoms with Crippen LogP contribution in [0.3, 0.4) is 0 Å². The normalized spacial score (nSPS) is 19.9. The molecule has 4 heterocycles. The van der Waals surface area contributed by atoms with E-state index in [1.165, 1.54) is 0 Å². The Hall–Kier alpha value is -6.93. The molecule has 59 heavy (non-hydrogen) atoms. The Kier molecular flexibility index (Phi) is 9.63. The molecule has 0 radical (unpaired) electrons. The predicted molar refractivity (Wildman–Crippen MR) is 218 cm³/mol. The van der Waals surface area contributed by atoms with Crippen LogP contribution in [0.25, 0.3) is 22.4 Å². The fourth-order valence-corrected chi connectivity index (χ4v) is 9.00. The average Bonchev–Trinajstić information content (AvgIpc) is 3.70. The van der Waals surface area contributed by atoms with Gasteiger partial charge in [-0.25, -0.2) is 23.4 Å². The van der Waals surface area contributed by atoms with Gasteiger partial charge in [0, 0.05) is 47.4 Å². The Morgan fingerprint density at radius 2 is 1.44 bits per heavy atom. The minimum atomic E-state index is -2.90. The molecule has 11 heteroatoms. The summed E-state index contributed by atoms with van der Waals surface area (Å²) in [6.07, 6.45) is 6.90. The molecule has 3 atom stereocenters. The number of rotatable bonds is 8. The van der Waals surface area contributed by atoms with E-state index < -0.39 is 41.5 Å². The van der Waals surface area contributed by atoms with Crippen molar-refractivity contribution in [2.75, 3.05) is 13.2 Å². The number of nitrogens with one attached hydrogen (secondary N) is 1. The lowest BCUT2D eigenvalue weighted by Crippen LogP contribution is -2.35. The van der Waals surface area contributed by atoms with Gasteiger partial charge in [-0.1, -0.05) is 72.5 Å². The number of allylic oxidation sites excluding steroid dienone is 1. The van der Waals surface area contributed by atoms with Crippen LogP contribution in [0.4, 0.5) is 8.78 Å². The number of alkyl halides is 2. The third kappa shape index (κ3) is 6.64. The van der Waals surface area contributed by atoms with Gasteiger partial charge < -0.3 is 14.8 Å². The fraction of sp³-hybridized carbons (Fsp3) is 0.229. The Bertz CT molecular complexity index is 2710. The van der Waals surface area contributed by atoms with Crippen molar-refractivity contribution < 1.29 is 27.8 Å². The number of carbonyl (C=O) groups is 2. The number of imidazole rings is 1. The molecule has 3 aliphatic rings. The number of hydrogen-bond donors (Lipinski definition) is 1. The fourth-order valence-electron chi connectivity index (χ4n) is 9.00. The summed E-state index contributed by atoms with van der Waals surface area (Å²) in [5, 5.41) is 3.39.